The number of aliphatic hydroxyl groups excluding tert-OH is 1. The summed E-state index contributed by atoms with van der Waals surface area (Å²) in [7, 11) is 12.3. The summed E-state index contributed by atoms with van der Waals surface area (Å²) in [5.74, 6) is -0.962. The van der Waals surface area contributed by atoms with Crippen molar-refractivity contribution in [2.45, 2.75) is 87.6 Å². The number of benzene rings is 5. The summed E-state index contributed by atoms with van der Waals surface area (Å²) in [5.41, 5.74) is 5.05. The van der Waals surface area contributed by atoms with E-state index in [4.69, 9.17) is 46.7 Å². The Morgan fingerprint density at radius 2 is 1.39 bits per heavy atom. The zero-order chi connectivity index (χ0) is 61.9. The van der Waals surface area contributed by atoms with Gasteiger partial charge in [0.25, 0.3) is 0 Å². The zero-order valence-corrected chi connectivity index (χ0v) is 51.0. The standard InChI is InChI=1S/C65H65N5O17S/c1-30-17-36-18-42-63(76)70-43-27-80-64(77)65(41-26-46(78-9)47(19-33(41)15-16-66-65)86-50(74)22-34-20-48(72)84-44-24-37(67(4)5)11-13-39(34)44)28-88-62(54-53(43)60-59(81-29-82-60)31(2)58(54)83-32(3)71)56(70)55(69(42)8)52(36)61(57(30)79-10)87-51(75)23-35-21-49(73)85-45-25-38(68(6)7)12-14-40(35)45/h11-14,17,19-21,24-26,42-43,55-56,62-63,66,76H,15-16,18,22-23,27-29H2,1-10H3/t42-,43+,55+,56?,62+,63-,65+/m0/s1. The monoisotopic (exact) mass is 1220 g/mol. The van der Waals surface area contributed by atoms with E-state index in [0.717, 1.165) is 16.9 Å². The summed E-state index contributed by atoms with van der Waals surface area (Å²) in [5, 5.41) is 17.1. The topological polar surface area (TPSA) is 248 Å². The lowest BCUT2D eigenvalue weighted by molar-refractivity contribution is -0.186. The summed E-state index contributed by atoms with van der Waals surface area (Å²) in [6, 6.07) is 15.7. The first kappa shape index (κ1) is 58.4. The molecule has 9 heterocycles. The van der Waals surface area contributed by atoms with Gasteiger partial charge in [0, 0.05) is 122 Å². The predicted octanol–water partition coefficient (Wildman–Crippen LogP) is 6.64. The minimum Gasteiger partial charge on any atom is -0.493 e. The van der Waals surface area contributed by atoms with E-state index in [1.807, 2.05) is 75.1 Å². The van der Waals surface area contributed by atoms with Crippen LogP contribution in [0.2, 0.25) is 0 Å². The maximum absolute atomic E-state index is 15.5. The van der Waals surface area contributed by atoms with Gasteiger partial charge in [-0.2, -0.15) is 0 Å². The van der Waals surface area contributed by atoms with Gasteiger partial charge in [-0.25, -0.2) is 14.4 Å². The van der Waals surface area contributed by atoms with Crippen molar-refractivity contribution in [3.05, 3.63) is 143 Å². The number of nitrogens with one attached hydrogen (secondary N) is 1. The number of likely N-dealkylation sites (N-methyl/N-ethyl adjacent to an activating group) is 1. The third-order valence-electron chi connectivity index (χ3n) is 18.0. The second-order valence-corrected chi connectivity index (χ2v) is 24.7. The third-order valence-corrected chi connectivity index (χ3v) is 19.5. The number of carbonyl (C=O) groups is 4. The van der Waals surface area contributed by atoms with E-state index in [-0.39, 0.29) is 61.5 Å². The number of carbonyl (C=O) groups excluding carboxylic acids is 4. The molecule has 1 spiro atoms. The summed E-state index contributed by atoms with van der Waals surface area (Å²) in [4.78, 5) is 91.4. The van der Waals surface area contributed by atoms with Crippen molar-refractivity contribution in [1.29, 1.82) is 0 Å². The van der Waals surface area contributed by atoms with Gasteiger partial charge < -0.3 is 61.6 Å². The Kier molecular flexibility index (Phi) is 14.7. The van der Waals surface area contributed by atoms with Crippen molar-refractivity contribution in [3.8, 4) is 40.2 Å². The first-order valence-electron chi connectivity index (χ1n) is 28.8. The number of hydrogen-bond donors (Lipinski definition) is 2. The van der Waals surface area contributed by atoms with Crippen LogP contribution in [0.3, 0.4) is 0 Å². The quantitative estimate of drug-likeness (QED) is 0.0782. The van der Waals surface area contributed by atoms with Gasteiger partial charge in [-0.3, -0.25) is 29.5 Å². The van der Waals surface area contributed by atoms with E-state index in [1.165, 1.54) is 45.0 Å². The largest absolute Gasteiger partial charge is 0.493 e. The van der Waals surface area contributed by atoms with Gasteiger partial charge in [-0.05, 0) is 104 Å². The van der Waals surface area contributed by atoms with Crippen LogP contribution in [0.5, 0.6) is 40.2 Å². The van der Waals surface area contributed by atoms with E-state index >= 15 is 4.79 Å². The molecule has 1 unspecified atom stereocenters. The van der Waals surface area contributed by atoms with E-state index in [9.17, 15) is 29.1 Å². The van der Waals surface area contributed by atoms with Crippen LogP contribution in [-0.2, 0) is 55.1 Å². The molecule has 23 heteroatoms. The Labute approximate surface area is 509 Å². The molecule has 0 aliphatic carbocycles. The van der Waals surface area contributed by atoms with Crippen LogP contribution in [-0.4, -0.2) is 132 Å². The van der Waals surface area contributed by atoms with Gasteiger partial charge in [0.2, 0.25) is 6.79 Å². The van der Waals surface area contributed by atoms with Crippen molar-refractivity contribution in [2.75, 3.05) is 85.0 Å². The molecule has 88 heavy (non-hydrogen) atoms. The van der Waals surface area contributed by atoms with Gasteiger partial charge >= 0.3 is 35.1 Å². The molecule has 22 nitrogen and oxygen atoms in total. The molecular weight excluding hydrogens is 1150 g/mol. The molecular formula is C65H65N5O17S. The van der Waals surface area contributed by atoms with Crippen LogP contribution >= 0.6 is 11.8 Å². The molecule has 4 bridgehead atoms. The number of rotatable bonds is 11. The zero-order valence-electron chi connectivity index (χ0n) is 50.1. The van der Waals surface area contributed by atoms with Crippen molar-refractivity contribution < 1.29 is 71.0 Å². The fraction of sp³-hybridized carbons (Fsp3) is 0.385. The maximum atomic E-state index is 15.5. The highest BCUT2D eigenvalue weighted by Gasteiger charge is 2.62. The van der Waals surface area contributed by atoms with Crippen molar-refractivity contribution in [3.63, 3.8) is 0 Å². The fourth-order valence-electron chi connectivity index (χ4n) is 14.0. The number of anilines is 2. The lowest BCUT2D eigenvalue weighted by atomic mass is 9.73. The molecule has 2 saturated heterocycles. The van der Waals surface area contributed by atoms with Crippen molar-refractivity contribution in [2.24, 2.45) is 0 Å². The molecule has 14 rings (SSSR count). The van der Waals surface area contributed by atoms with Gasteiger partial charge in [0.15, 0.2) is 40.0 Å². The molecule has 0 radical (unpaired) electrons. The number of esters is 4. The normalized spacial score (nSPS) is 22.5. The molecule has 0 amide bonds. The lowest BCUT2D eigenvalue weighted by Crippen LogP contribution is -2.70. The van der Waals surface area contributed by atoms with Crippen LogP contribution in [0.15, 0.2) is 85.2 Å². The van der Waals surface area contributed by atoms with E-state index in [1.54, 1.807) is 43.3 Å². The van der Waals surface area contributed by atoms with Crippen LogP contribution in [0.4, 0.5) is 11.4 Å². The summed E-state index contributed by atoms with van der Waals surface area (Å²) < 4.78 is 61.4. The fourth-order valence-corrected chi connectivity index (χ4v) is 15.7. The minimum absolute atomic E-state index is 0.0244. The number of hydrogen-bond acceptors (Lipinski definition) is 23. The smallest absolute Gasteiger partial charge is 0.336 e. The number of aliphatic hydroxyl groups is 1. The number of fused-ring (bicyclic) bond motifs is 11. The van der Waals surface area contributed by atoms with E-state index < -0.39 is 76.3 Å². The number of nitrogens with zero attached hydrogens (tertiary/aromatic N) is 4. The average molecular weight is 1220 g/mol. The molecule has 2 N–H and O–H groups in total. The average Bonchev–Trinajstić information content (AvgIpc) is 0.942. The SMILES string of the molecule is COc1cc2c(cc1OC(=O)Cc1cc(=O)oc3cc(N(C)C)ccc13)CCN[C@]21CS[C@@H]2c3c(OC(C)=O)c(C)c4c(c3[C@@H](COC1=O)N1C2[C@H]2c3c(cc(C)c(OC)c3OC(=O)Cc3cc(=O)oc5cc(N(C)C)ccc35)C[C@@H]([C@@H]1O)N2C)OCO4. The van der Waals surface area contributed by atoms with Gasteiger partial charge in [-0.1, -0.05) is 6.07 Å². The molecule has 2 aromatic heterocycles. The molecule has 7 aliphatic heterocycles. The molecule has 458 valence electrons. The number of thioether (sulfide) groups is 1. The Morgan fingerprint density at radius 1 is 0.739 bits per heavy atom. The van der Waals surface area contributed by atoms with E-state index in [0.29, 0.717) is 102 Å². The molecule has 0 saturated carbocycles. The van der Waals surface area contributed by atoms with E-state index in [2.05, 4.69) is 10.2 Å². The van der Waals surface area contributed by atoms with Crippen LogP contribution in [0.1, 0.15) is 79.9 Å². The molecule has 2 fully saturated rings. The Morgan fingerprint density at radius 3 is 2.01 bits per heavy atom. The Bertz CT molecular complexity index is 4240. The van der Waals surface area contributed by atoms with Crippen molar-refractivity contribution in [1.82, 2.24) is 15.1 Å². The second kappa shape index (κ2) is 22.2. The van der Waals surface area contributed by atoms with Gasteiger partial charge in [0.1, 0.15) is 29.8 Å². The highest BCUT2D eigenvalue weighted by molar-refractivity contribution is 7.99. The van der Waals surface area contributed by atoms with Crippen LogP contribution in [0, 0.1) is 13.8 Å². The molecule has 7 aromatic rings. The first-order chi connectivity index (χ1) is 42.2. The number of ether oxygens (including phenoxy) is 8. The second-order valence-electron chi connectivity index (χ2n) is 23.5. The van der Waals surface area contributed by atoms with Crippen LogP contribution < -0.4 is 59.5 Å². The summed E-state index contributed by atoms with van der Waals surface area (Å²) in [6.45, 7) is 4.76. The molecule has 5 aromatic carbocycles. The maximum Gasteiger partial charge on any atom is 0.336 e. The van der Waals surface area contributed by atoms with Gasteiger partial charge in [-0.15, -0.1) is 11.8 Å². The highest BCUT2D eigenvalue weighted by atomic mass is 32.2. The van der Waals surface area contributed by atoms with Crippen LogP contribution in [0.25, 0.3) is 21.9 Å². The predicted molar refractivity (Wildman–Crippen MR) is 324 cm³/mol. The first-order valence-corrected chi connectivity index (χ1v) is 29.9. The Balaban J connectivity index is 0.923. The summed E-state index contributed by atoms with van der Waals surface area (Å²) in [6.07, 6.45) is -1.09. The molecule has 7 aliphatic rings. The highest BCUT2D eigenvalue weighted by Crippen LogP contribution is 2.65. The number of aryl methyl sites for hydroxylation is 1. The summed E-state index contributed by atoms with van der Waals surface area (Å²) >= 11 is 1.38. The van der Waals surface area contributed by atoms with Crippen molar-refractivity contribution >= 4 is 69.0 Å². The Hall–Kier alpha value is -8.61. The third kappa shape index (κ3) is 9.56. The van der Waals surface area contributed by atoms with Gasteiger partial charge in [0.05, 0.1) is 50.4 Å². The number of piperazine rings is 1. The minimum atomic E-state index is -1.59. The number of methoxy groups -OCH3 is 2. The molecule has 7 atom stereocenters. The lowest BCUT2D eigenvalue weighted by Gasteiger charge is -2.62.